The third-order valence-corrected chi connectivity index (χ3v) is 6.91. The fourth-order valence-electron chi connectivity index (χ4n) is 5.08. The van der Waals surface area contributed by atoms with E-state index in [9.17, 15) is 22.4 Å². The van der Waals surface area contributed by atoms with E-state index in [-0.39, 0.29) is 18.1 Å². The summed E-state index contributed by atoms with van der Waals surface area (Å²) >= 11 is 0. The minimum absolute atomic E-state index is 0.0507. The Balaban J connectivity index is 1.60. The summed E-state index contributed by atoms with van der Waals surface area (Å²) in [6.07, 6.45) is -0.577. The molecule has 1 fully saturated rings. The normalized spacial score (nSPS) is 14.9. The number of aromatic nitrogens is 1. The van der Waals surface area contributed by atoms with Crippen molar-refractivity contribution < 1.29 is 22.4 Å². The Hall–Kier alpha value is -3.61. The average molecular weight is 495 g/mol. The maximum absolute atomic E-state index is 13.6. The number of nitrogens with zero attached hydrogens (tertiary/aromatic N) is 2. The maximum atomic E-state index is 13.6. The number of halogens is 4. The number of benzene rings is 3. The Morgan fingerprint density at radius 2 is 1.64 bits per heavy atom. The van der Waals surface area contributed by atoms with Crippen LogP contribution in [0.4, 0.5) is 17.6 Å². The molecular weight excluding hydrogens is 468 g/mol. The summed E-state index contributed by atoms with van der Waals surface area (Å²) in [6.45, 7) is 1.83. The van der Waals surface area contributed by atoms with E-state index >= 15 is 0 Å². The van der Waals surface area contributed by atoms with E-state index in [0.29, 0.717) is 25.2 Å². The number of rotatable bonds is 6. The maximum Gasteiger partial charge on any atom is 0.416 e. The smallest absolute Gasteiger partial charge is 0.343 e. The van der Waals surface area contributed by atoms with Crippen LogP contribution in [0.1, 0.15) is 47.4 Å². The van der Waals surface area contributed by atoms with E-state index in [1.165, 1.54) is 18.2 Å². The van der Waals surface area contributed by atoms with Crippen LogP contribution < -0.4 is 0 Å². The topological polar surface area (TPSA) is 25.2 Å². The zero-order valence-electron chi connectivity index (χ0n) is 19.6. The van der Waals surface area contributed by atoms with Gasteiger partial charge in [0.25, 0.3) is 0 Å². The molecule has 1 aliphatic heterocycles. The second kappa shape index (κ2) is 9.80. The molecule has 186 valence electrons. The molecular formula is C29H26F4N2O. The van der Waals surface area contributed by atoms with Crippen LogP contribution in [0.2, 0.25) is 0 Å². The van der Waals surface area contributed by atoms with Crippen molar-refractivity contribution in [2.45, 2.75) is 37.9 Å². The molecule has 1 atom stereocenters. The summed E-state index contributed by atoms with van der Waals surface area (Å²) in [4.78, 5) is 15.0. The number of para-hydroxylation sites is 1. The molecule has 0 unspecified atom stereocenters. The molecule has 1 aromatic heterocycles. The summed E-state index contributed by atoms with van der Waals surface area (Å²) in [5.41, 5.74) is 2.34. The number of hydrogen-bond donors (Lipinski definition) is 0. The minimum atomic E-state index is -4.48. The number of hydrogen-bond acceptors (Lipinski definition) is 1. The number of amides is 1. The molecule has 0 saturated carbocycles. The highest BCUT2D eigenvalue weighted by Crippen LogP contribution is 2.38. The van der Waals surface area contributed by atoms with Crippen LogP contribution in [0.15, 0.2) is 79.0 Å². The molecule has 0 radical (unpaired) electrons. The van der Waals surface area contributed by atoms with Gasteiger partial charge >= 0.3 is 6.18 Å². The molecule has 7 heteroatoms. The van der Waals surface area contributed by atoms with Gasteiger partial charge in [-0.1, -0.05) is 48.5 Å². The van der Waals surface area contributed by atoms with Gasteiger partial charge in [0.15, 0.2) is 0 Å². The van der Waals surface area contributed by atoms with Gasteiger partial charge in [0.2, 0.25) is 5.91 Å². The van der Waals surface area contributed by atoms with Gasteiger partial charge in [-0.3, -0.25) is 4.79 Å². The first-order valence-electron chi connectivity index (χ1n) is 12.1. The monoisotopic (exact) mass is 494 g/mol. The second-order valence-electron chi connectivity index (χ2n) is 9.32. The third-order valence-electron chi connectivity index (χ3n) is 6.91. The van der Waals surface area contributed by atoms with Gasteiger partial charge in [-0.15, -0.1) is 0 Å². The van der Waals surface area contributed by atoms with E-state index < -0.39 is 17.7 Å². The molecule has 3 nitrogen and oxygen atoms in total. The first-order chi connectivity index (χ1) is 17.3. The van der Waals surface area contributed by atoms with E-state index in [2.05, 4.69) is 0 Å². The zero-order valence-corrected chi connectivity index (χ0v) is 19.6. The molecule has 2 heterocycles. The molecule has 0 N–H and O–H groups in total. The van der Waals surface area contributed by atoms with Gasteiger partial charge in [0.1, 0.15) is 5.82 Å². The van der Waals surface area contributed by atoms with Crippen LogP contribution in [0.25, 0.3) is 10.9 Å². The summed E-state index contributed by atoms with van der Waals surface area (Å²) in [6, 6.07) is 19.2. The van der Waals surface area contributed by atoms with Crippen LogP contribution in [0, 0.1) is 5.82 Å². The Kier molecular flexibility index (Phi) is 6.56. The largest absolute Gasteiger partial charge is 0.416 e. The number of carbonyl (C=O) groups excluding carboxylic acids is 1. The van der Waals surface area contributed by atoms with Crippen LogP contribution in [-0.4, -0.2) is 28.5 Å². The highest BCUT2D eigenvalue weighted by Gasteiger charge is 2.32. The Morgan fingerprint density at radius 1 is 0.917 bits per heavy atom. The Labute approximate surface area is 207 Å². The average Bonchev–Trinajstić information content (AvgIpc) is 3.53. The van der Waals surface area contributed by atoms with Gasteiger partial charge in [0, 0.05) is 49.1 Å². The van der Waals surface area contributed by atoms with E-state index in [0.717, 1.165) is 47.0 Å². The lowest BCUT2D eigenvalue weighted by Gasteiger charge is -2.22. The lowest BCUT2D eigenvalue weighted by molar-refractivity contribution is -0.137. The molecule has 36 heavy (non-hydrogen) atoms. The lowest BCUT2D eigenvalue weighted by atomic mass is 9.87. The van der Waals surface area contributed by atoms with E-state index in [1.807, 2.05) is 35.0 Å². The summed E-state index contributed by atoms with van der Waals surface area (Å²) in [5.74, 6) is -0.910. The van der Waals surface area contributed by atoms with Crippen LogP contribution in [-0.2, 0) is 17.5 Å². The molecule has 0 spiro atoms. The van der Waals surface area contributed by atoms with Crippen LogP contribution >= 0.6 is 0 Å². The summed E-state index contributed by atoms with van der Waals surface area (Å²) in [5, 5.41) is 0.885. The van der Waals surface area contributed by atoms with Crippen molar-refractivity contribution in [3.8, 4) is 0 Å². The van der Waals surface area contributed by atoms with Crippen molar-refractivity contribution in [1.29, 1.82) is 0 Å². The van der Waals surface area contributed by atoms with Gasteiger partial charge in [0.05, 0.1) is 5.56 Å². The molecule has 1 amide bonds. The third kappa shape index (κ3) is 5.01. The number of fused-ring (bicyclic) bond motifs is 1. The summed E-state index contributed by atoms with van der Waals surface area (Å²) < 4.78 is 56.1. The van der Waals surface area contributed by atoms with Gasteiger partial charge in [-0.2, -0.15) is 13.2 Å². The highest BCUT2D eigenvalue weighted by molar-refractivity contribution is 5.87. The second-order valence-corrected chi connectivity index (χ2v) is 9.32. The Bertz CT molecular complexity index is 1370. The van der Waals surface area contributed by atoms with Gasteiger partial charge < -0.3 is 9.47 Å². The van der Waals surface area contributed by atoms with Crippen molar-refractivity contribution in [1.82, 2.24) is 9.47 Å². The molecule has 5 rings (SSSR count). The lowest BCUT2D eigenvalue weighted by Crippen LogP contribution is -2.29. The highest BCUT2D eigenvalue weighted by atomic mass is 19.4. The van der Waals surface area contributed by atoms with Crippen molar-refractivity contribution in [2.75, 3.05) is 13.1 Å². The first kappa shape index (κ1) is 24.1. The molecule has 0 aliphatic carbocycles. The molecule has 0 bridgehead atoms. The fraction of sp³-hybridized carbons (Fsp3) is 0.276. The molecule has 1 saturated heterocycles. The van der Waals surface area contributed by atoms with Crippen molar-refractivity contribution in [3.05, 3.63) is 107 Å². The SMILES string of the molecule is O=C(C[C@@H](c1cccc(C(F)(F)F)c1)c1cn(Cc2ccc(F)cc2)c2ccccc12)N1CCCC1. The number of alkyl halides is 3. The first-order valence-corrected chi connectivity index (χ1v) is 12.1. The van der Waals surface area contributed by atoms with Crippen molar-refractivity contribution in [3.63, 3.8) is 0 Å². The Morgan fingerprint density at radius 3 is 2.36 bits per heavy atom. The predicted molar refractivity (Wildman–Crippen MR) is 131 cm³/mol. The summed E-state index contributed by atoms with van der Waals surface area (Å²) in [7, 11) is 0. The van der Waals surface area contributed by atoms with E-state index in [4.69, 9.17) is 0 Å². The van der Waals surface area contributed by atoms with Gasteiger partial charge in [-0.25, -0.2) is 4.39 Å². The van der Waals surface area contributed by atoms with Crippen LogP contribution in [0.5, 0.6) is 0 Å². The fourth-order valence-corrected chi connectivity index (χ4v) is 5.08. The molecule has 4 aromatic rings. The predicted octanol–water partition coefficient (Wildman–Crippen LogP) is 6.99. The van der Waals surface area contributed by atoms with Crippen molar-refractivity contribution in [2.24, 2.45) is 0 Å². The standard InChI is InChI=1S/C29H26F4N2O/c30-23-12-10-20(11-13-23)18-35-19-26(24-8-1-2-9-27(24)35)25(17-28(36)34-14-3-4-15-34)21-6-5-7-22(16-21)29(31,32)33/h1-2,5-13,16,19,25H,3-4,14-15,17-18H2/t25-/m0/s1. The quantitative estimate of drug-likeness (QED) is 0.265. The molecule has 1 aliphatic rings. The minimum Gasteiger partial charge on any atom is -0.343 e. The number of carbonyl (C=O) groups is 1. The number of likely N-dealkylation sites (tertiary alicyclic amines) is 1. The molecule has 3 aromatic carbocycles. The van der Waals surface area contributed by atoms with Crippen molar-refractivity contribution >= 4 is 16.8 Å². The van der Waals surface area contributed by atoms with Gasteiger partial charge in [-0.05, 0) is 53.8 Å². The zero-order chi connectivity index (χ0) is 25.3. The van der Waals surface area contributed by atoms with E-state index in [1.54, 1.807) is 23.1 Å². The van der Waals surface area contributed by atoms with Crippen LogP contribution in [0.3, 0.4) is 0 Å².